The summed E-state index contributed by atoms with van der Waals surface area (Å²) in [5.41, 5.74) is 0.151. The van der Waals surface area contributed by atoms with Gasteiger partial charge in [-0.25, -0.2) is 0 Å². The third kappa shape index (κ3) is 3.70. The van der Waals surface area contributed by atoms with Crippen molar-refractivity contribution >= 4 is 5.96 Å². The topological polar surface area (TPSA) is 47.9 Å². The van der Waals surface area contributed by atoms with Crippen LogP contribution in [-0.2, 0) is 5.60 Å². The van der Waals surface area contributed by atoms with Crippen molar-refractivity contribution in [2.75, 3.05) is 26.7 Å². The van der Waals surface area contributed by atoms with Crippen LogP contribution in [0.1, 0.15) is 25.3 Å². The third-order valence-corrected chi connectivity index (χ3v) is 3.57. The van der Waals surface area contributed by atoms with E-state index < -0.39 is 5.60 Å². The Labute approximate surface area is 115 Å². The molecule has 1 unspecified atom stereocenters. The van der Waals surface area contributed by atoms with Crippen molar-refractivity contribution in [3.05, 3.63) is 35.9 Å². The number of nitrogens with zero attached hydrogens (tertiary/aromatic N) is 2. The van der Waals surface area contributed by atoms with Crippen LogP contribution in [0, 0.1) is 0 Å². The zero-order valence-corrected chi connectivity index (χ0v) is 11.8. The van der Waals surface area contributed by atoms with E-state index in [-0.39, 0.29) is 0 Å². The summed E-state index contributed by atoms with van der Waals surface area (Å²) < 4.78 is 0. The van der Waals surface area contributed by atoms with Gasteiger partial charge < -0.3 is 15.3 Å². The van der Waals surface area contributed by atoms with Gasteiger partial charge in [0.15, 0.2) is 5.96 Å². The lowest BCUT2D eigenvalue weighted by molar-refractivity contribution is 0.0490. The highest BCUT2D eigenvalue weighted by Gasteiger charge is 2.22. The Kier molecular flexibility index (Phi) is 4.43. The second-order valence-electron chi connectivity index (χ2n) is 5.30. The predicted octanol–water partition coefficient (Wildman–Crippen LogP) is 1.57. The molecule has 1 atom stereocenters. The molecule has 104 valence electrons. The van der Waals surface area contributed by atoms with Crippen molar-refractivity contribution in [3.63, 3.8) is 0 Å². The van der Waals surface area contributed by atoms with Gasteiger partial charge in [0.2, 0.25) is 0 Å². The summed E-state index contributed by atoms with van der Waals surface area (Å²) in [6, 6.07) is 9.80. The fraction of sp³-hybridized carbons (Fsp3) is 0.533. The lowest BCUT2D eigenvalue weighted by Gasteiger charge is -2.28. The highest BCUT2D eigenvalue weighted by Crippen LogP contribution is 2.23. The minimum absolute atomic E-state index is 0.657. The molecule has 0 bridgehead atoms. The molecule has 4 heteroatoms. The van der Waals surface area contributed by atoms with E-state index in [1.54, 1.807) is 0 Å². The van der Waals surface area contributed by atoms with E-state index >= 15 is 0 Å². The van der Waals surface area contributed by atoms with Crippen LogP contribution in [0.4, 0.5) is 0 Å². The zero-order valence-electron chi connectivity index (χ0n) is 11.8. The normalized spacial score (nSPS) is 18.7. The van der Waals surface area contributed by atoms with Crippen LogP contribution < -0.4 is 5.32 Å². The SMILES string of the molecule is CN1CCCN=C1NCCC(C)(O)c1ccccc1. The first-order valence-electron chi connectivity index (χ1n) is 6.87. The molecular formula is C15H23N3O. The van der Waals surface area contributed by atoms with Gasteiger partial charge in [0.25, 0.3) is 0 Å². The Bertz CT molecular complexity index is 428. The molecule has 0 saturated heterocycles. The summed E-state index contributed by atoms with van der Waals surface area (Å²) >= 11 is 0. The van der Waals surface area contributed by atoms with Crippen molar-refractivity contribution in [2.24, 2.45) is 4.99 Å². The zero-order chi connectivity index (χ0) is 13.7. The van der Waals surface area contributed by atoms with Gasteiger partial charge in [-0.2, -0.15) is 0 Å². The van der Waals surface area contributed by atoms with E-state index in [1.807, 2.05) is 44.3 Å². The summed E-state index contributed by atoms with van der Waals surface area (Å²) in [7, 11) is 2.04. The number of benzene rings is 1. The van der Waals surface area contributed by atoms with Crippen molar-refractivity contribution in [1.82, 2.24) is 10.2 Å². The van der Waals surface area contributed by atoms with Gasteiger partial charge in [0.05, 0.1) is 5.60 Å². The number of hydrogen-bond acceptors (Lipinski definition) is 4. The molecule has 4 nitrogen and oxygen atoms in total. The monoisotopic (exact) mass is 261 g/mol. The lowest BCUT2D eigenvalue weighted by atomic mass is 9.93. The molecular weight excluding hydrogens is 238 g/mol. The fourth-order valence-electron chi connectivity index (χ4n) is 2.27. The molecule has 0 spiro atoms. The fourth-order valence-corrected chi connectivity index (χ4v) is 2.27. The standard InChI is InChI=1S/C15H23N3O/c1-15(19,13-7-4-3-5-8-13)9-11-17-14-16-10-6-12-18(14)2/h3-5,7-8,19H,6,9-12H2,1-2H3,(H,16,17). The molecule has 2 rings (SSSR count). The van der Waals surface area contributed by atoms with E-state index in [0.717, 1.165) is 31.0 Å². The predicted molar refractivity (Wildman–Crippen MR) is 78.2 cm³/mol. The second kappa shape index (κ2) is 6.06. The van der Waals surface area contributed by atoms with Gasteiger partial charge in [-0.15, -0.1) is 0 Å². The van der Waals surface area contributed by atoms with E-state index in [2.05, 4.69) is 15.2 Å². The molecule has 1 aliphatic heterocycles. The average Bonchev–Trinajstić information content (AvgIpc) is 2.42. The molecule has 1 heterocycles. The van der Waals surface area contributed by atoms with Gasteiger partial charge in [0, 0.05) is 26.7 Å². The second-order valence-corrected chi connectivity index (χ2v) is 5.30. The van der Waals surface area contributed by atoms with Crippen LogP contribution in [0.15, 0.2) is 35.3 Å². The Morgan fingerprint density at radius 2 is 2.11 bits per heavy atom. The van der Waals surface area contributed by atoms with Gasteiger partial charge in [-0.05, 0) is 25.3 Å². The Balaban J connectivity index is 1.87. The molecule has 1 aromatic rings. The number of hydrogen-bond donors (Lipinski definition) is 2. The molecule has 0 aromatic heterocycles. The summed E-state index contributed by atoms with van der Waals surface area (Å²) in [4.78, 5) is 6.58. The molecule has 0 saturated carbocycles. The molecule has 1 aliphatic rings. The molecule has 0 fully saturated rings. The summed E-state index contributed by atoms with van der Waals surface area (Å²) in [5.74, 6) is 0.940. The Hall–Kier alpha value is -1.55. The van der Waals surface area contributed by atoms with Gasteiger partial charge in [-0.3, -0.25) is 4.99 Å². The highest BCUT2D eigenvalue weighted by atomic mass is 16.3. The first kappa shape index (κ1) is 13.9. The number of aliphatic hydroxyl groups is 1. The van der Waals surface area contributed by atoms with Crippen molar-refractivity contribution in [3.8, 4) is 0 Å². The molecule has 0 amide bonds. The van der Waals surface area contributed by atoms with E-state index in [0.29, 0.717) is 13.0 Å². The van der Waals surface area contributed by atoms with Crippen LogP contribution in [0.2, 0.25) is 0 Å². The third-order valence-electron chi connectivity index (χ3n) is 3.57. The number of guanidine groups is 1. The van der Waals surface area contributed by atoms with Crippen LogP contribution in [0.3, 0.4) is 0 Å². The van der Waals surface area contributed by atoms with Crippen LogP contribution in [-0.4, -0.2) is 42.6 Å². The molecule has 19 heavy (non-hydrogen) atoms. The number of aliphatic imine (C=N–C) groups is 1. The van der Waals surface area contributed by atoms with Gasteiger partial charge in [0.1, 0.15) is 0 Å². The average molecular weight is 261 g/mol. The van der Waals surface area contributed by atoms with Gasteiger partial charge >= 0.3 is 0 Å². The molecule has 2 N–H and O–H groups in total. The Morgan fingerprint density at radius 1 is 1.37 bits per heavy atom. The van der Waals surface area contributed by atoms with Crippen molar-refractivity contribution < 1.29 is 5.11 Å². The van der Waals surface area contributed by atoms with E-state index in [4.69, 9.17) is 0 Å². The first-order valence-corrected chi connectivity index (χ1v) is 6.87. The maximum atomic E-state index is 10.5. The minimum atomic E-state index is -0.804. The smallest absolute Gasteiger partial charge is 0.193 e. The molecule has 0 radical (unpaired) electrons. The number of rotatable bonds is 4. The lowest BCUT2D eigenvalue weighted by Crippen LogP contribution is -2.43. The first-order chi connectivity index (χ1) is 9.09. The Morgan fingerprint density at radius 3 is 2.79 bits per heavy atom. The van der Waals surface area contributed by atoms with Crippen LogP contribution in [0.25, 0.3) is 0 Å². The molecule has 1 aromatic carbocycles. The van der Waals surface area contributed by atoms with E-state index in [1.165, 1.54) is 0 Å². The van der Waals surface area contributed by atoms with Crippen molar-refractivity contribution in [1.29, 1.82) is 0 Å². The van der Waals surface area contributed by atoms with Crippen LogP contribution in [0.5, 0.6) is 0 Å². The summed E-state index contributed by atoms with van der Waals surface area (Å²) in [6.07, 6.45) is 1.77. The maximum absolute atomic E-state index is 10.5. The maximum Gasteiger partial charge on any atom is 0.193 e. The van der Waals surface area contributed by atoms with Crippen molar-refractivity contribution in [2.45, 2.75) is 25.4 Å². The number of nitrogens with one attached hydrogen (secondary N) is 1. The summed E-state index contributed by atoms with van der Waals surface area (Å²) in [6.45, 7) is 4.50. The largest absolute Gasteiger partial charge is 0.385 e. The van der Waals surface area contributed by atoms with E-state index in [9.17, 15) is 5.11 Å². The molecule has 0 aliphatic carbocycles. The van der Waals surface area contributed by atoms with Crippen LogP contribution >= 0.6 is 0 Å². The summed E-state index contributed by atoms with van der Waals surface area (Å²) in [5, 5.41) is 13.8. The van der Waals surface area contributed by atoms with Gasteiger partial charge in [-0.1, -0.05) is 30.3 Å². The quantitative estimate of drug-likeness (QED) is 0.865. The minimum Gasteiger partial charge on any atom is -0.385 e. The highest BCUT2D eigenvalue weighted by molar-refractivity contribution is 5.80.